The third-order valence-corrected chi connectivity index (χ3v) is 4.34. The molecule has 20 heavy (non-hydrogen) atoms. The number of nitrogens with zero attached hydrogens (tertiary/aromatic N) is 1. The van der Waals surface area contributed by atoms with E-state index >= 15 is 0 Å². The summed E-state index contributed by atoms with van der Waals surface area (Å²) in [5.74, 6) is -0.0463. The highest BCUT2D eigenvalue weighted by Gasteiger charge is 2.25. The molecule has 0 fully saturated rings. The molecule has 3 rings (SSSR count). The fraction of sp³-hybridized carbons (Fsp3) is 0.333. The van der Waals surface area contributed by atoms with Gasteiger partial charge in [0.25, 0.3) is 0 Å². The quantitative estimate of drug-likeness (QED) is 0.907. The van der Waals surface area contributed by atoms with Crippen molar-refractivity contribution in [2.24, 2.45) is 0 Å². The number of aryl methyl sites for hydroxylation is 1. The zero-order valence-electron chi connectivity index (χ0n) is 11.3. The molecule has 0 saturated carbocycles. The van der Waals surface area contributed by atoms with Gasteiger partial charge in [0.1, 0.15) is 0 Å². The van der Waals surface area contributed by atoms with Crippen LogP contribution < -0.4 is 10.6 Å². The monoisotopic (exact) mass is 287 g/mol. The molecule has 0 radical (unpaired) electrons. The minimum absolute atomic E-state index is 0.0651. The fourth-order valence-electron chi connectivity index (χ4n) is 2.52. The summed E-state index contributed by atoms with van der Waals surface area (Å²) in [7, 11) is 0. The number of thiazole rings is 1. The van der Waals surface area contributed by atoms with Gasteiger partial charge >= 0.3 is 0 Å². The Labute approximate surface area is 122 Å². The molecule has 1 aliphatic heterocycles. The van der Waals surface area contributed by atoms with Crippen molar-refractivity contribution in [2.75, 3.05) is 6.54 Å². The van der Waals surface area contributed by atoms with Gasteiger partial charge in [-0.1, -0.05) is 24.3 Å². The van der Waals surface area contributed by atoms with Crippen molar-refractivity contribution in [3.63, 3.8) is 0 Å². The van der Waals surface area contributed by atoms with E-state index < -0.39 is 0 Å². The minimum atomic E-state index is -0.111. The fourth-order valence-corrected chi connectivity index (χ4v) is 3.13. The topological polar surface area (TPSA) is 54.0 Å². The maximum Gasteiger partial charge on any atom is 0.229 e. The van der Waals surface area contributed by atoms with E-state index in [9.17, 15) is 4.79 Å². The second-order valence-electron chi connectivity index (χ2n) is 4.96. The molecule has 2 N–H and O–H groups in total. The van der Waals surface area contributed by atoms with Crippen LogP contribution in [0.2, 0.25) is 0 Å². The molecule has 0 bridgehead atoms. The van der Waals surface area contributed by atoms with Gasteiger partial charge in [-0.2, -0.15) is 0 Å². The first-order valence-electron chi connectivity index (χ1n) is 6.71. The van der Waals surface area contributed by atoms with Crippen LogP contribution in [0.1, 0.15) is 27.7 Å². The Balaban J connectivity index is 1.69. The average Bonchev–Trinajstić information content (AvgIpc) is 2.90. The predicted molar refractivity (Wildman–Crippen MR) is 79.6 cm³/mol. The third-order valence-electron chi connectivity index (χ3n) is 3.52. The lowest BCUT2D eigenvalue weighted by Gasteiger charge is -2.25. The summed E-state index contributed by atoms with van der Waals surface area (Å²) >= 11 is 1.61. The Bertz CT molecular complexity index is 623. The summed E-state index contributed by atoms with van der Waals surface area (Å²) in [4.78, 5) is 16.7. The Morgan fingerprint density at radius 1 is 1.50 bits per heavy atom. The van der Waals surface area contributed by atoms with Gasteiger partial charge in [0.2, 0.25) is 5.91 Å². The standard InChI is InChI=1S/C15H17N3OS/c1-10-18-12(9-20-10)7-17-15(19)14-8-16-6-11-4-2-3-5-13(11)14/h2-5,9,14,16H,6-8H2,1H3,(H,17,19). The number of benzene rings is 1. The van der Waals surface area contributed by atoms with Crippen molar-refractivity contribution in [1.29, 1.82) is 0 Å². The molecule has 1 aromatic carbocycles. The van der Waals surface area contributed by atoms with Crippen LogP contribution in [0.25, 0.3) is 0 Å². The summed E-state index contributed by atoms with van der Waals surface area (Å²) in [6, 6.07) is 8.13. The van der Waals surface area contributed by atoms with Crippen molar-refractivity contribution >= 4 is 17.2 Å². The number of nitrogens with one attached hydrogen (secondary N) is 2. The van der Waals surface area contributed by atoms with Gasteiger partial charge in [-0.05, 0) is 18.1 Å². The molecule has 1 aromatic heterocycles. The molecular formula is C15H17N3OS. The lowest BCUT2D eigenvalue weighted by Crippen LogP contribution is -2.38. The molecule has 1 amide bonds. The Morgan fingerprint density at radius 3 is 3.15 bits per heavy atom. The van der Waals surface area contributed by atoms with Crippen molar-refractivity contribution in [1.82, 2.24) is 15.6 Å². The van der Waals surface area contributed by atoms with Crippen LogP contribution >= 0.6 is 11.3 Å². The minimum Gasteiger partial charge on any atom is -0.350 e. The van der Waals surface area contributed by atoms with Gasteiger partial charge in [-0.15, -0.1) is 11.3 Å². The molecule has 104 valence electrons. The predicted octanol–water partition coefficient (Wildman–Crippen LogP) is 1.95. The number of carbonyl (C=O) groups excluding carboxylic acids is 1. The summed E-state index contributed by atoms with van der Waals surface area (Å²) in [6.07, 6.45) is 0. The van der Waals surface area contributed by atoms with Gasteiger partial charge in [-0.25, -0.2) is 4.98 Å². The van der Waals surface area contributed by atoms with Gasteiger partial charge in [0.05, 0.1) is 23.2 Å². The van der Waals surface area contributed by atoms with Gasteiger partial charge in [0.15, 0.2) is 0 Å². The average molecular weight is 287 g/mol. The van der Waals surface area contributed by atoms with Crippen LogP contribution in [-0.4, -0.2) is 17.4 Å². The highest BCUT2D eigenvalue weighted by molar-refractivity contribution is 7.09. The van der Waals surface area contributed by atoms with E-state index in [2.05, 4.69) is 21.7 Å². The number of aromatic nitrogens is 1. The molecule has 0 saturated heterocycles. The van der Waals surface area contributed by atoms with E-state index in [0.29, 0.717) is 13.1 Å². The lowest BCUT2D eigenvalue weighted by atomic mass is 9.90. The molecule has 0 spiro atoms. The lowest BCUT2D eigenvalue weighted by molar-refractivity contribution is -0.122. The van der Waals surface area contributed by atoms with Crippen LogP contribution in [0.3, 0.4) is 0 Å². The SMILES string of the molecule is Cc1nc(CNC(=O)C2CNCc3ccccc32)cs1. The number of rotatable bonds is 3. The van der Waals surface area contributed by atoms with Crippen LogP contribution in [0.5, 0.6) is 0 Å². The second-order valence-corrected chi connectivity index (χ2v) is 6.02. The summed E-state index contributed by atoms with van der Waals surface area (Å²) < 4.78 is 0. The van der Waals surface area contributed by atoms with Gasteiger partial charge in [-0.3, -0.25) is 4.79 Å². The van der Waals surface area contributed by atoms with E-state index in [1.165, 1.54) is 5.56 Å². The maximum atomic E-state index is 12.4. The summed E-state index contributed by atoms with van der Waals surface area (Å²) in [6.45, 7) is 4.00. The number of hydrogen-bond acceptors (Lipinski definition) is 4. The molecular weight excluding hydrogens is 270 g/mol. The van der Waals surface area contributed by atoms with Crippen molar-refractivity contribution in [3.05, 3.63) is 51.5 Å². The van der Waals surface area contributed by atoms with E-state index in [1.807, 2.05) is 30.5 Å². The number of amides is 1. The van der Waals surface area contributed by atoms with E-state index in [0.717, 1.165) is 22.8 Å². The molecule has 0 aliphatic carbocycles. The number of hydrogen-bond donors (Lipinski definition) is 2. The number of fused-ring (bicyclic) bond motifs is 1. The Hall–Kier alpha value is -1.72. The van der Waals surface area contributed by atoms with Crippen LogP contribution in [0.4, 0.5) is 0 Å². The highest BCUT2D eigenvalue weighted by atomic mass is 32.1. The largest absolute Gasteiger partial charge is 0.350 e. The van der Waals surface area contributed by atoms with Crippen LogP contribution in [0.15, 0.2) is 29.6 Å². The highest BCUT2D eigenvalue weighted by Crippen LogP contribution is 2.23. The Morgan fingerprint density at radius 2 is 2.35 bits per heavy atom. The zero-order chi connectivity index (χ0) is 13.9. The summed E-state index contributed by atoms with van der Waals surface area (Å²) in [5.41, 5.74) is 3.28. The molecule has 2 aromatic rings. The van der Waals surface area contributed by atoms with Gasteiger partial charge < -0.3 is 10.6 Å². The second kappa shape index (κ2) is 5.73. The van der Waals surface area contributed by atoms with E-state index in [4.69, 9.17) is 0 Å². The van der Waals surface area contributed by atoms with Gasteiger partial charge in [0, 0.05) is 18.5 Å². The zero-order valence-corrected chi connectivity index (χ0v) is 12.2. The first-order valence-corrected chi connectivity index (χ1v) is 7.59. The van der Waals surface area contributed by atoms with Crippen molar-refractivity contribution in [3.8, 4) is 0 Å². The van der Waals surface area contributed by atoms with E-state index in [1.54, 1.807) is 11.3 Å². The van der Waals surface area contributed by atoms with Crippen molar-refractivity contribution in [2.45, 2.75) is 25.9 Å². The third kappa shape index (κ3) is 2.73. The molecule has 1 unspecified atom stereocenters. The normalized spacial score (nSPS) is 17.6. The van der Waals surface area contributed by atoms with Crippen molar-refractivity contribution < 1.29 is 4.79 Å². The van der Waals surface area contributed by atoms with Crippen LogP contribution in [-0.2, 0) is 17.9 Å². The maximum absolute atomic E-state index is 12.4. The molecule has 5 heteroatoms. The number of carbonyl (C=O) groups is 1. The van der Waals surface area contributed by atoms with E-state index in [-0.39, 0.29) is 11.8 Å². The molecule has 1 atom stereocenters. The first kappa shape index (κ1) is 13.3. The smallest absolute Gasteiger partial charge is 0.229 e. The van der Waals surface area contributed by atoms with Crippen LogP contribution in [0, 0.1) is 6.92 Å². The summed E-state index contributed by atoms with van der Waals surface area (Å²) in [5, 5.41) is 9.30. The first-order chi connectivity index (χ1) is 9.74. The molecule has 2 heterocycles. The Kier molecular flexibility index (Phi) is 3.80. The molecule has 4 nitrogen and oxygen atoms in total. The molecule has 1 aliphatic rings.